The van der Waals surface area contributed by atoms with E-state index in [1.54, 1.807) is 7.05 Å². The molecule has 4 rings (SSSR count). The van der Waals surface area contributed by atoms with Crippen molar-refractivity contribution >= 4 is 17.1 Å². The highest BCUT2D eigenvalue weighted by Gasteiger charge is 2.21. The van der Waals surface area contributed by atoms with E-state index in [-0.39, 0.29) is 11.2 Å². The van der Waals surface area contributed by atoms with Crippen LogP contribution >= 0.6 is 0 Å². The molecule has 1 aliphatic heterocycles. The summed E-state index contributed by atoms with van der Waals surface area (Å²) in [6, 6.07) is 10.8. The molecule has 1 saturated heterocycles. The third kappa shape index (κ3) is 3.40. The molecule has 0 aliphatic carbocycles. The van der Waals surface area contributed by atoms with Gasteiger partial charge in [-0.05, 0) is 18.4 Å². The molecule has 0 saturated carbocycles. The van der Waals surface area contributed by atoms with Gasteiger partial charge < -0.3 is 10.3 Å². The van der Waals surface area contributed by atoms with Crippen molar-refractivity contribution in [2.75, 3.05) is 18.4 Å². The van der Waals surface area contributed by atoms with E-state index in [0.29, 0.717) is 23.2 Å². The second-order valence-corrected chi connectivity index (χ2v) is 7.17. The van der Waals surface area contributed by atoms with Gasteiger partial charge in [0, 0.05) is 39.8 Å². The van der Waals surface area contributed by atoms with Crippen LogP contribution in [0.25, 0.3) is 11.2 Å². The molecule has 0 unspecified atom stereocenters. The Morgan fingerprint density at radius 2 is 1.81 bits per heavy atom. The minimum atomic E-state index is -0.375. The highest BCUT2D eigenvalue weighted by Crippen LogP contribution is 2.18. The number of benzene rings is 1. The van der Waals surface area contributed by atoms with E-state index < -0.39 is 0 Å². The number of rotatable bonds is 4. The number of aromatic nitrogens is 4. The van der Waals surface area contributed by atoms with Crippen LogP contribution in [-0.4, -0.2) is 43.1 Å². The first-order valence-corrected chi connectivity index (χ1v) is 9.21. The van der Waals surface area contributed by atoms with Gasteiger partial charge in [-0.2, -0.15) is 4.98 Å². The highest BCUT2D eigenvalue weighted by atomic mass is 16.2. The Labute approximate surface area is 156 Å². The zero-order valence-corrected chi connectivity index (χ0v) is 15.6. The predicted octanol–water partition coefficient (Wildman–Crippen LogP) is 1.04. The van der Waals surface area contributed by atoms with Gasteiger partial charge in [0.05, 0.1) is 0 Å². The standard InChI is InChI=1S/C19H24N6O2/c1-23-16-15(17(26)24(2)19(23)27)21-18(22-16)20-14-8-10-25(11-9-14)12-13-6-4-3-5-7-13/h3-7,14H,8-12H2,1-2H3,(H2,20,21,22). The molecule has 142 valence electrons. The number of nitrogens with one attached hydrogen (secondary N) is 2. The molecule has 2 N–H and O–H groups in total. The molecule has 0 bridgehead atoms. The Hall–Kier alpha value is -2.87. The van der Waals surface area contributed by atoms with Crippen molar-refractivity contribution < 1.29 is 0 Å². The van der Waals surface area contributed by atoms with E-state index in [0.717, 1.165) is 37.0 Å². The Kier molecular flexibility index (Phi) is 4.57. The summed E-state index contributed by atoms with van der Waals surface area (Å²) in [6.45, 7) is 2.98. The first kappa shape index (κ1) is 17.5. The molecule has 3 heterocycles. The monoisotopic (exact) mass is 368 g/mol. The quantitative estimate of drug-likeness (QED) is 0.718. The van der Waals surface area contributed by atoms with Crippen molar-refractivity contribution in [3.8, 4) is 0 Å². The molecule has 27 heavy (non-hydrogen) atoms. The second kappa shape index (κ2) is 7.03. The van der Waals surface area contributed by atoms with E-state index in [1.165, 1.54) is 17.2 Å². The summed E-state index contributed by atoms with van der Waals surface area (Å²) in [6.07, 6.45) is 2.00. The molecule has 0 atom stereocenters. The van der Waals surface area contributed by atoms with Crippen LogP contribution in [0.2, 0.25) is 0 Å². The predicted molar refractivity (Wildman–Crippen MR) is 105 cm³/mol. The Morgan fingerprint density at radius 3 is 2.52 bits per heavy atom. The van der Waals surface area contributed by atoms with Crippen molar-refractivity contribution in [1.82, 2.24) is 24.0 Å². The summed E-state index contributed by atoms with van der Waals surface area (Å²) >= 11 is 0. The Morgan fingerprint density at radius 1 is 1.11 bits per heavy atom. The van der Waals surface area contributed by atoms with E-state index >= 15 is 0 Å². The number of hydrogen-bond donors (Lipinski definition) is 2. The lowest BCUT2D eigenvalue weighted by Gasteiger charge is -2.32. The number of fused-ring (bicyclic) bond motifs is 1. The number of piperidine rings is 1. The van der Waals surface area contributed by atoms with Crippen molar-refractivity contribution in [1.29, 1.82) is 0 Å². The van der Waals surface area contributed by atoms with Gasteiger partial charge in [0.1, 0.15) is 0 Å². The smallest absolute Gasteiger partial charge is 0.332 e. The Balaban J connectivity index is 1.43. The summed E-state index contributed by atoms with van der Waals surface area (Å²) in [5.41, 5.74) is 1.33. The number of aromatic amines is 1. The molecule has 1 fully saturated rings. The molecule has 2 aromatic heterocycles. The normalized spacial score (nSPS) is 16.1. The summed E-state index contributed by atoms with van der Waals surface area (Å²) in [7, 11) is 3.09. The molecular formula is C19H24N6O2. The van der Waals surface area contributed by atoms with Gasteiger partial charge in [-0.15, -0.1) is 0 Å². The van der Waals surface area contributed by atoms with Crippen LogP contribution in [0.5, 0.6) is 0 Å². The highest BCUT2D eigenvalue weighted by molar-refractivity contribution is 5.72. The lowest BCUT2D eigenvalue weighted by Crippen LogP contribution is -2.38. The van der Waals surface area contributed by atoms with Gasteiger partial charge in [-0.3, -0.25) is 18.8 Å². The topological polar surface area (TPSA) is 87.9 Å². The van der Waals surface area contributed by atoms with Crippen molar-refractivity contribution in [2.24, 2.45) is 14.1 Å². The molecule has 8 nitrogen and oxygen atoms in total. The Bertz CT molecular complexity index is 1060. The van der Waals surface area contributed by atoms with Gasteiger partial charge in [0.25, 0.3) is 5.56 Å². The molecule has 0 amide bonds. The number of aryl methyl sites for hydroxylation is 1. The summed E-state index contributed by atoms with van der Waals surface area (Å²) in [5, 5.41) is 3.39. The summed E-state index contributed by atoms with van der Waals surface area (Å²) < 4.78 is 2.48. The van der Waals surface area contributed by atoms with Crippen LogP contribution in [0.3, 0.4) is 0 Å². The zero-order valence-electron chi connectivity index (χ0n) is 15.6. The molecular weight excluding hydrogens is 344 g/mol. The van der Waals surface area contributed by atoms with Crippen LogP contribution in [0.1, 0.15) is 18.4 Å². The largest absolute Gasteiger partial charge is 0.353 e. The molecule has 0 radical (unpaired) electrons. The van der Waals surface area contributed by atoms with Crippen LogP contribution in [0.4, 0.5) is 5.95 Å². The maximum atomic E-state index is 12.3. The first-order chi connectivity index (χ1) is 13.0. The van der Waals surface area contributed by atoms with Crippen molar-refractivity contribution in [3.63, 3.8) is 0 Å². The average Bonchev–Trinajstić information content (AvgIpc) is 3.11. The average molecular weight is 368 g/mol. The number of anilines is 1. The fourth-order valence-electron chi connectivity index (χ4n) is 3.66. The van der Waals surface area contributed by atoms with Gasteiger partial charge in [-0.25, -0.2) is 4.79 Å². The maximum absolute atomic E-state index is 12.3. The number of H-pyrrole nitrogens is 1. The van der Waals surface area contributed by atoms with E-state index in [1.807, 2.05) is 6.07 Å². The zero-order chi connectivity index (χ0) is 19.0. The molecule has 1 aromatic carbocycles. The fraction of sp³-hybridized carbons (Fsp3) is 0.421. The van der Waals surface area contributed by atoms with Crippen LogP contribution in [-0.2, 0) is 20.6 Å². The molecule has 0 spiro atoms. The third-order valence-corrected chi connectivity index (χ3v) is 5.27. The minimum Gasteiger partial charge on any atom is -0.353 e. The van der Waals surface area contributed by atoms with Gasteiger partial charge in [-0.1, -0.05) is 30.3 Å². The second-order valence-electron chi connectivity index (χ2n) is 7.17. The van der Waals surface area contributed by atoms with Crippen LogP contribution in [0.15, 0.2) is 39.9 Å². The number of imidazole rings is 1. The maximum Gasteiger partial charge on any atom is 0.332 e. The van der Waals surface area contributed by atoms with Gasteiger partial charge in [0.2, 0.25) is 5.95 Å². The SMILES string of the molecule is Cn1c(=O)c2[nH]c(NC3CCN(Cc4ccccc4)CC3)nc2n(C)c1=O. The molecule has 1 aliphatic rings. The lowest BCUT2D eigenvalue weighted by molar-refractivity contribution is 0.211. The van der Waals surface area contributed by atoms with Gasteiger partial charge in [0.15, 0.2) is 11.2 Å². The lowest BCUT2D eigenvalue weighted by atomic mass is 10.0. The summed E-state index contributed by atoms with van der Waals surface area (Å²) in [5.74, 6) is 0.546. The van der Waals surface area contributed by atoms with E-state index in [9.17, 15) is 9.59 Å². The van der Waals surface area contributed by atoms with Crippen molar-refractivity contribution in [3.05, 3.63) is 56.7 Å². The number of nitrogens with zero attached hydrogens (tertiary/aromatic N) is 4. The number of likely N-dealkylation sites (tertiary alicyclic amines) is 1. The first-order valence-electron chi connectivity index (χ1n) is 9.21. The van der Waals surface area contributed by atoms with Crippen LogP contribution in [0, 0.1) is 0 Å². The van der Waals surface area contributed by atoms with E-state index in [2.05, 4.69) is 44.5 Å². The van der Waals surface area contributed by atoms with Crippen LogP contribution < -0.4 is 16.6 Å². The molecule has 3 aromatic rings. The van der Waals surface area contributed by atoms with Gasteiger partial charge >= 0.3 is 5.69 Å². The van der Waals surface area contributed by atoms with Crippen molar-refractivity contribution in [2.45, 2.75) is 25.4 Å². The minimum absolute atomic E-state index is 0.290. The molecule has 8 heteroatoms. The van der Waals surface area contributed by atoms with E-state index in [4.69, 9.17) is 0 Å². The fourth-order valence-corrected chi connectivity index (χ4v) is 3.66. The third-order valence-electron chi connectivity index (χ3n) is 5.27. The number of hydrogen-bond acceptors (Lipinski definition) is 5. The summed E-state index contributed by atoms with van der Waals surface area (Å²) in [4.78, 5) is 34.2.